The number of carboxylic acids is 1. The molecule has 0 aromatic carbocycles. The average Bonchev–Trinajstić information content (AvgIpc) is 2.88. The Morgan fingerprint density at radius 1 is 1.09 bits per heavy atom. The third kappa shape index (κ3) is 3.93. The van der Waals surface area contributed by atoms with Crippen molar-refractivity contribution in [2.75, 3.05) is 0 Å². The highest BCUT2D eigenvalue weighted by Crippen LogP contribution is 2.40. The summed E-state index contributed by atoms with van der Waals surface area (Å²) in [7, 11) is 0. The van der Waals surface area contributed by atoms with Gasteiger partial charge in [-0.3, -0.25) is 4.79 Å². The van der Waals surface area contributed by atoms with Gasteiger partial charge in [-0.25, -0.2) is 4.79 Å². The van der Waals surface area contributed by atoms with Crippen molar-refractivity contribution in [3.8, 4) is 0 Å². The number of hydrogen-bond donors (Lipinski definition) is 2. The summed E-state index contributed by atoms with van der Waals surface area (Å²) in [4.78, 5) is 23.4. The smallest absolute Gasteiger partial charge is 0.391 e. The van der Waals surface area contributed by atoms with Crippen molar-refractivity contribution in [1.29, 1.82) is 0 Å². The van der Waals surface area contributed by atoms with Crippen molar-refractivity contribution in [2.45, 2.75) is 69.5 Å². The lowest BCUT2D eigenvalue weighted by Gasteiger charge is -2.31. The Balaban J connectivity index is 1.82. The zero-order chi connectivity index (χ0) is 16.4. The van der Waals surface area contributed by atoms with E-state index in [1.54, 1.807) is 0 Å². The standard InChI is InChI=1S/C15H22F3NO3/c16-15(17,18)11-5-3-10(4-6-11)9-12(20)19-14(13(21)22)7-1-2-8-14/h10-11H,1-9H2,(H,19,20)(H,21,22). The molecule has 0 unspecified atom stereocenters. The Morgan fingerprint density at radius 2 is 1.64 bits per heavy atom. The molecule has 2 aliphatic rings. The van der Waals surface area contributed by atoms with Crippen molar-refractivity contribution in [3.05, 3.63) is 0 Å². The lowest BCUT2D eigenvalue weighted by atomic mass is 9.80. The monoisotopic (exact) mass is 321 g/mol. The molecule has 2 fully saturated rings. The fourth-order valence-corrected chi connectivity index (χ4v) is 3.64. The molecule has 0 aromatic heterocycles. The van der Waals surface area contributed by atoms with Crippen LogP contribution in [-0.2, 0) is 9.59 Å². The third-order valence-corrected chi connectivity index (χ3v) is 5.03. The molecule has 2 aliphatic carbocycles. The summed E-state index contributed by atoms with van der Waals surface area (Å²) in [6.07, 6.45) is -0.771. The molecule has 2 N–H and O–H groups in total. The van der Waals surface area contributed by atoms with E-state index in [1.165, 1.54) is 0 Å². The van der Waals surface area contributed by atoms with Gasteiger partial charge in [-0.05, 0) is 44.4 Å². The van der Waals surface area contributed by atoms with Gasteiger partial charge >= 0.3 is 12.1 Å². The first-order valence-corrected chi connectivity index (χ1v) is 7.84. The minimum absolute atomic E-state index is 0.0610. The summed E-state index contributed by atoms with van der Waals surface area (Å²) in [6, 6.07) is 0. The maximum absolute atomic E-state index is 12.6. The lowest BCUT2D eigenvalue weighted by molar-refractivity contribution is -0.184. The third-order valence-electron chi connectivity index (χ3n) is 5.03. The summed E-state index contributed by atoms with van der Waals surface area (Å²) in [5, 5.41) is 11.9. The normalized spacial score (nSPS) is 28.3. The fraction of sp³-hybridized carbons (Fsp3) is 0.867. The molecule has 0 saturated heterocycles. The van der Waals surface area contributed by atoms with Gasteiger partial charge in [-0.15, -0.1) is 0 Å². The molecule has 0 radical (unpaired) electrons. The highest BCUT2D eigenvalue weighted by atomic mass is 19.4. The van der Waals surface area contributed by atoms with Crippen LogP contribution in [0.1, 0.15) is 57.8 Å². The van der Waals surface area contributed by atoms with Crippen LogP contribution in [0, 0.1) is 11.8 Å². The van der Waals surface area contributed by atoms with E-state index in [4.69, 9.17) is 0 Å². The van der Waals surface area contributed by atoms with Crippen LogP contribution in [0.25, 0.3) is 0 Å². The minimum Gasteiger partial charge on any atom is -0.480 e. The summed E-state index contributed by atoms with van der Waals surface area (Å²) in [6.45, 7) is 0. The van der Waals surface area contributed by atoms with Crippen LogP contribution >= 0.6 is 0 Å². The molecule has 0 atom stereocenters. The molecule has 22 heavy (non-hydrogen) atoms. The Kier molecular flexibility index (Phi) is 5.02. The molecule has 0 aromatic rings. The summed E-state index contributed by atoms with van der Waals surface area (Å²) >= 11 is 0. The van der Waals surface area contributed by atoms with E-state index < -0.39 is 23.6 Å². The number of amides is 1. The van der Waals surface area contributed by atoms with Crippen LogP contribution in [0.15, 0.2) is 0 Å². The molecule has 1 amide bonds. The molecule has 0 aliphatic heterocycles. The minimum atomic E-state index is -4.15. The Labute approximate surface area is 127 Å². The van der Waals surface area contributed by atoms with Crippen molar-refractivity contribution >= 4 is 11.9 Å². The zero-order valence-electron chi connectivity index (χ0n) is 12.4. The Morgan fingerprint density at radius 3 is 2.09 bits per heavy atom. The highest BCUT2D eigenvalue weighted by molar-refractivity contribution is 5.87. The average molecular weight is 321 g/mol. The van der Waals surface area contributed by atoms with Crippen molar-refractivity contribution in [2.24, 2.45) is 11.8 Å². The fourth-order valence-electron chi connectivity index (χ4n) is 3.64. The maximum atomic E-state index is 12.6. The largest absolute Gasteiger partial charge is 0.480 e. The molecule has 4 nitrogen and oxygen atoms in total. The number of hydrogen-bond acceptors (Lipinski definition) is 2. The van der Waals surface area contributed by atoms with E-state index >= 15 is 0 Å². The van der Waals surface area contributed by atoms with E-state index in [9.17, 15) is 27.9 Å². The van der Waals surface area contributed by atoms with Crippen LogP contribution in [0.2, 0.25) is 0 Å². The molecule has 2 saturated carbocycles. The molecule has 0 bridgehead atoms. The number of halogens is 3. The number of alkyl halides is 3. The van der Waals surface area contributed by atoms with E-state index in [0.29, 0.717) is 25.7 Å². The first-order chi connectivity index (χ1) is 10.2. The van der Waals surface area contributed by atoms with Crippen LogP contribution in [0.3, 0.4) is 0 Å². The van der Waals surface area contributed by atoms with Gasteiger partial charge in [0.2, 0.25) is 5.91 Å². The second-order valence-electron chi connectivity index (χ2n) is 6.61. The summed E-state index contributed by atoms with van der Waals surface area (Å²) in [5.41, 5.74) is -1.17. The first kappa shape index (κ1) is 17.1. The van der Waals surface area contributed by atoms with Crippen molar-refractivity contribution < 1.29 is 27.9 Å². The van der Waals surface area contributed by atoms with E-state index in [1.807, 2.05) is 0 Å². The van der Waals surface area contributed by atoms with Gasteiger partial charge < -0.3 is 10.4 Å². The number of nitrogens with one attached hydrogen (secondary N) is 1. The second kappa shape index (κ2) is 6.46. The molecule has 7 heteroatoms. The zero-order valence-corrected chi connectivity index (χ0v) is 12.4. The van der Waals surface area contributed by atoms with E-state index in [0.717, 1.165) is 12.8 Å². The maximum Gasteiger partial charge on any atom is 0.391 e. The molecular weight excluding hydrogens is 299 g/mol. The quantitative estimate of drug-likeness (QED) is 0.835. The van der Waals surface area contributed by atoms with Gasteiger partial charge in [0, 0.05) is 6.42 Å². The number of carbonyl (C=O) groups excluding carboxylic acids is 1. The van der Waals surface area contributed by atoms with E-state index in [-0.39, 0.29) is 31.1 Å². The summed E-state index contributed by atoms with van der Waals surface area (Å²) in [5.74, 6) is -2.70. The van der Waals surface area contributed by atoms with Crippen LogP contribution in [-0.4, -0.2) is 28.7 Å². The predicted octanol–water partition coefficient (Wildman–Crippen LogP) is 3.26. The highest BCUT2D eigenvalue weighted by Gasteiger charge is 2.44. The van der Waals surface area contributed by atoms with Gasteiger partial charge in [0.25, 0.3) is 0 Å². The van der Waals surface area contributed by atoms with Gasteiger partial charge in [-0.1, -0.05) is 12.8 Å². The van der Waals surface area contributed by atoms with Crippen molar-refractivity contribution in [3.63, 3.8) is 0 Å². The number of carbonyl (C=O) groups is 2. The van der Waals surface area contributed by atoms with Gasteiger partial charge in [-0.2, -0.15) is 13.2 Å². The van der Waals surface area contributed by atoms with Crippen LogP contribution < -0.4 is 5.32 Å². The van der Waals surface area contributed by atoms with Gasteiger partial charge in [0.05, 0.1) is 5.92 Å². The lowest BCUT2D eigenvalue weighted by Crippen LogP contribution is -2.52. The van der Waals surface area contributed by atoms with Gasteiger partial charge in [0.1, 0.15) is 5.54 Å². The second-order valence-corrected chi connectivity index (χ2v) is 6.61. The summed E-state index contributed by atoms with van der Waals surface area (Å²) < 4.78 is 37.8. The topological polar surface area (TPSA) is 66.4 Å². The molecule has 126 valence electrons. The Bertz CT molecular complexity index is 422. The van der Waals surface area contributed by atoms with Crippen LogP contribution in [0.4, 0.5) is 13.2 Å². The molecule has 2 rings (SSSR count). The van der Waals surface area contributed by atoms with Crippen molar-refractivity contribution in [1.82, 2.24) is 5.32 Å². The SMILES string of the molecule is O=C(CC1CCC(C(F)(F)F)CC1)NC1(C(=O)O)CCCC1. The number of rotatable bonds is 4. The Hall–Kier alpha value is -1.27. The predicted molar refractivity (Wildman–Crippen MR) is 73.1 cm³/mol. The van der Waals surface area contributed by atoms with Crippen LogP contribution in [0.5, 0.6) is 0 Å². The molecular formula is C15H22F3NO3. The van der Waals surface area contributed by atoms with E-state index in [2.05, 4.69) is 5.32 Å². The number of carboxylic acid groups (broad SMARTS) is 1. The molecule has 0 heterocycles. The van der Waals surface area contributed by atoms with Gasteiger partial charge in [0.15, 0.2) is 0 Å². The first-order valence-electron chi connectivity index (χ1n) is 7.84. The number of aliphatic carboxylic acids is 1. The molecule has 0 spiro atoms.